The minimum Gasteiger partial charge on any atom is -0.491 e. The highest BCUT2D eigenvalue weighted by Crippen LogP contribution is 2.25. The first-order chi connectivity index (χ1) is 12.6. The summed E-state index contributed by atoms with van der Waals surface area (Å²) in [4.78, 5) is 14.3. The molecule has 2 aromatic carbocycles. The van der Waals surface area contributed by atoms with Crippen LogP contribution in [0, 0.1) is 5.82 Å². The van der Waals surface area contributed by atoms with Gasteiger partial charge in [0.2, 0.25) is 5.91 Å². The fraction of sp³-hybridized carbons (Fsp3) is 0.350. The molecular weight excluding hydrogens is 355 g/mol. The number of carbonyl (C=O) groups is 1. The molecule has 0 radical (unpaired) electrons. The molecule has 1 aliphatic rings. The largest absolute Gasteiger partial charge is 0.491 e. The first kappa shape index (κ1) is 18.5. The molecule has 1 aliphatic heterocycles. The van der Waals surface area contributed by atoms with Crippen molar-refractivity contribution in [2.75, 3.05) is 24.6 Å². The van der Waals surface area contributed by atoms with Gasteiger partial charge in [0, 0.05) is 25.3 Å². The number of ether oxygens (including phenoxy) is 1. The molecule has 0 aliphatic carbocycles. The maximum atomic E-state index is 13.0. The molecule has 1 saturated heterocycles. The molecule has 0 aromatic heterocycles. The first-order valence-corrected chi connectivity index (χ1v) is 9.18. The fourth-order valence-electron chi connectivity index (χ4n) is 2.93. The van der Waals surface area contributed by atoms with Crippen molar-refractivity contribution in [2.24, 2.45) is 0 Å². The van der Waals surface area contributed by atoms with Crippen molar-refractivity contribution < 1.29 is 13.9 Å². The van der Waals surface area contributed by atoms with E-state index in [1.165, 1.54) is 36.7 Å². The van der Waals surface area contributed by atoms with Crippen molar-refractivity contribution in [1.82, 2.24) is 5.32 Å². The number of nitrogens with one attached hydrogen (secondary N) is 1. The normalized spacial score (nSPS) is 13.7. The molecule has 1 heterocycles. The summed E-state index contributed by atoms with van der Waals surface area (Å²) in [6, 6.07) is 12.2. The molecular formula is C20H22ClFN2O2. The van der Waals surface area contributed by atoms with Gasteiger partial charge in [-0.2, -0.15) is 0 Å². The number of anilines is 1. The molecule has 2 aromatic rings. The van der Waals surface area contributed by atoms with Gasteiger partial charge in [0.15, 0.2) is 0 Å². The smallest absolute Gasteiger partial charge is 0.223 e. The lowest BCUT2D eigenvalue weighted by atomic mass is 10.2. The molecule has 0 unspecified atom stereocenters. The highest BCUT2D eigenvalue weighted by Gasteiger charge is 2.12. The highest BCUT2D eigenvalue weighted by molar-refractivity contribution is 6.32. The van der Waals surface area contributed by atoms with Gasteiger partial charge < -0.3 is 15.0 Å². The second kappa shape index (κ2) is 8.90. The van der Waals surface area contributed by atoms with Crippen LogP contribution in [0.15, 0.2) is 42.5 Å². The van der Waals surface area contributed by atoms with E-state index >= 15 is 0 Å². The van der Waals surface area contributed by atoms with Gasteiger partial charge in [0.25, 0.3) is 0 Å². The summed E-state index contributed by atoms with van der Waals surface area (Å²) in [5.41, 5.74) is 2.30. The topological polar surface area (TPSA) is 41.6 Å². The molecule has 0 bridgehead atoms. The SMILES string of the molecule is O=C(CCOc1ccc(F)cc1Cl)NCc1ccc(N2CCCC2)cc1. The number of rotatable bonds is 7. The average Bonchev–Trinajstić information content (AvgIpc) is 3.17. The lowest BCUT2D eigenvalue weighted by molar-refractivity contribution is -0.121. The first-order valence-electron chi connectivity index (χ1n) is 8.80. The van der Waals surface area contributed by atoms with Gasteiger partial charge in [-0.15, -0.1) is 0 Å². The molecule has 1 N–H and O–H groups in total. The standard InChI is InChI=1S/C20H22ClFN2O2/c21-18-13-16(22)5-8-19(18)26-12-9-20(25)23-14-15-3-6-17(7-4-15)24-10-1-2-11-24/h3-8,13H,1-2,9-12,14H2,(H,23,25). The molecule has 138 valence electrons. The van der Waals surface area contributed by atoms with Gasteiger partial charge in [0.1, 0.15) is 11.6 Å². The predicted octanol–water partition coefficient (Wildman–Crippen LogP) is 4.16. The Morgan fingerprint density at radius 1 is 1.15 bits per heavy atom. The second-order valence-corrected chi connectivity index (χ2v) is 6.72. The van der Waals surface area contributed by atoms with Crippen molar-refractivity contribution in [3.63, 3.8) is 0 Å². The van der Waals surface area contributed by atoms with E-state index in [9.17, 15) is 9.18 Å². The van der Waals surface area contributed by atoms with Gasteiger partial charge in [-0.1, -0.05) is 23.7 Å². The molecule has 0 atom stereocenters. The van der Waals surface area contributed by atoms with Crippen molar-refractivity contribution in [3.8, 4) is 5.75 Å². The van der Waals surface area contributed by atoms with Crippen molar-refractivity contribution in [2.45, 2.75) is 25.8 Å². The minimum atomic E-state index is -0.421. The zero-order valence-corrected chi connectivity index (χ0v) is 15.3. The van der Waals surface area contributed by atoms with Crippen LogP contribution in [0.3, 0.4) is 0 Å². The van der Waals surface area contributed by atoms with E-state index in [-0.39, 0.29) is 24.0 Å². The number of halogens is 2. The molecule has 0 spiro atoms. The van der Waals surface area contributed by atoms with Crippen molar-refractivity contribution >= 4 is 23.2 Å². The summed E-state index contributed by atoms with van der Waals surface area (Å²) >= 11 is 5.88. The van der Waals surface area contributed by atoms with Gasteiger partial charge in [-0.05, 0) is 48.7 Å². The van der Waals surface area contributed by atoms with Crippen LogP contribution in [0.2, 0.25) is 5.02 Å². The van der Waals surface area contributed by atoms with Crippen LogP contribution in [-0.2, 0) is 11.3 Å². The summed E-state index contributed by atoms with van der Waals surface area (Å²) in [6.07, 6.45) is 2.71. The van der Waals surface area contributed by atoms with E-state index in [1.54, 1.807) is 0 Å². The lowest BCUT2D eigenvalue weighted by Crippen LogP contribution is -2.24. The van der Waals surface area contributed by atoms with Crippen LogP contribution in [0.25, 0.3) is 0 Å². The summed E-state index contributed by atoms with van der Waals surface area (Å²) in [5, 5.41) is 3.07. The average molecular weight is 377 g/mol. The number of hydrogen-bond donors (Lipinski definition) is 1. The maximum absolute atomic E-state index is 13.0. The van der Waals surface area contributed by atoms with Crippen molar-refractivity contribution in [1.29, 1.82) is 0 Å². The van der Waals surface area contributed by atoms with Crippen LogP contribution in [0.4, 0.5) is 10.1 Å². The quantitative estimate of drug-likeness (QED) is 0.788. The lowest BCUT2D eigenvalue weighted by Gasteiger charge is -2.17. The Hall–Kier alpha value is -2.27. The van der Waals surface area contributed by atoms with E-state index < -0.39 is 5.82 Å². The summed E-state index contributed by atoms with van der Waals surface area (Å²) in [7, 11) is 0. The number of nitrogens with zero attached hydrogens (tertiary/aromatic N) is 1. The minimum absolute atomic E-state index is 0.105. The summed E-state index contributed by atoms with van der Waals surface area (Å²) < 4.78 is 18.4. The molecule has 4 nitrogen and oxygen atoms in total. The third kappa shape index (κ3) is 5.11. The van der Waals surface area contributed by atoms with Gasteiger partial charge in [-0.3, -0.25) is 4.79 Å². The Balaban J connectivity index is 1.39. The molecule has 1 amide bonds. The zero-order chi connectivity index (χ0) is 18.4. The molecule has 0 saturated carbocycles. The Bertz CT molecular complexity index is 746. The highest BCUT2D eigenvalue weighted by atomic mass is 35.5. The van der Waals surface area contributed by atoms with Crippen LogP contribution in [0.5, 0.6) is 5.75 Å². The van der Waals surface area contributed by atoms with E-state index in [0.29, 0.717) is 12.3 Å². The fourth-order valence-corrected chi connectivity index (χ4v) is 3.16. The van der Waals surface area contributed by atoms with E-state index in [2.05, 4.69) is 22.3 Å². The third-order valence-corrected chi connectivity index (χ3v) is 4.67. The zero-order valence-electron chi connectivity index (χ0n) is 14.5. The number of carbonyl (C=O) groups excluding carboxylic acids is 1. The van der Waals surface area contributed by atoms with Gasteiger partial charge >= 0.3 is 0 Å². The van der Waals surface area contributed by atoms with E-state index in [4.69, 9.17) is 16.3 Å². The molecule has 6 heteroatoms. The van der Waals surface area contributed by atoms with Crippen LogP contribution < -0.4 is 15.0 Å². The summed E-state index contributed by atoms with van der Waals surface area (Å²) in [5.74, 6) is -0.152. The Kier molecular flexibility index (Phi) is 6.34. The van der Waals surface area contributed by atoms with E-state index in [0.717, 1.165) is 18.7 Å². The van der Waals surface area contributed by atoms with Gasteiger partial charge in [0.05, 0.1) is 18.1 Å². The van der Waals surface area contributed by atoms with Crippen molar-refractivity contribution in [3.05, 3.63) is 58.9 Å². The van der Waals surface area contributed by atoms with Crippen LogP contribution >= 0.6 is 11.6 Å². The Morgan fingerprint density at radius 2 is 1.88 bits per heavy atom. The predicted molar refractivity (Wildman–Crippen MR) is 101 cm³/mol. The molecule has 26 heavy (non-hydrogen) atoms. The Morgan fingerprint density at radius 3 is 2.58 bits per heavy atom. The number of amides is 1. The van der Waals surface area contributed by atoms with E-state index in [1.807, 2.05) is 12.1 Å². The number of benzene rings is 2. The van der Waals surface area contributed by atoms with Gasteiger partial charge in [-0.25, -0.2) is 4.39 Å². The molecule has 1 fully saturated rings. The monoisotopic (exact) mass is 376 g/mol. The molecule has 3 rings (SSSR count). The number of hydrogen-bond acceptors (Lipinski definition) is 3. The third-order valence-electron chi connectivity index (χ3n) is 4.38. The van der Waals surface area contributed by atoms with Crippen LogP contribution in [-0.4, -0.2) is 25.6 Å². The second-order valence-electron chi connectivity index (χ2n) is 6.31. The van der Waals surface area contributed by atoms with Crippen LogP contribution in [0.1, 0.15) is 24.8 Å². The maximum Gasteiger partial charge on any atom is 0.223 e. The summed E-state index contributed by atoms with van der Waals surface area (Å²) in [6.45, 7) is 2.91. The Labute approximate surface area is 157 Å².